The van der Waals surface area contributed by atoms with Crippen LogP contribution in [0.5, 0.6) is 5.75 Å². The fraction of sp³-hybridized carbons (Fsp3) is 0.143. The smallest absolute Gasteiger partial charge is 0.261 e. The summed E-state index contributed by atoms with van der Waals surface area (Å²) in [6.45, 7) is 4.87. The number of aryl methyl sites for hydroxylation is 2. The molecule has 6 nitrogen and oxygen atoms in total. The number of phenols is 1. The van der Waals surface area contributed by atoms with E-state index in [2.05, 4.69) is 4.72 Å². The topological polar surface area (TPSA) is 101 Å². The van der Waals surface area contributed by atoms with Crippen LogP contribution in [0, 0.1) is 20.8 Å². The molecule has 158 valence electrons. The van der Waals surface area contributed by atoms with E-state index in [-0.39, 0.29) is 25.9 Å². The minimum Gasteiger partial charge on any atom is -0.507 e. The Kier molecular flexibility index (Phi) is 5.86. The van der Waals surface area contributed by atoms with E-state index in [9.17, 15) is 21.9 Å². The first kappa shape index (κ1) is 22.1. The second kappa shape index (κ2) is 7.94. The van der Waals surface area contributed by atoms with E-state index in [0.717, 1.165) is 5.56 Å². The summed E-state index contributed by atoms with van der Waals surface area (Å²) in [5.74, 6) is -0.460. The molecule has 0 unspecified atom stereocenters. The number of benzene rings is 3. The molecule has 0 amide bonds. The first-order chi connectivity index (χ1) is 13.9. The minimum absolute atomic E-state index is 0.0436. The fourth-order valence-electron chi connectivity index (χ4n) is 3.08. The molecule has 0 aliphatic carbocycles. The third-order valence-corrected chi connectivity index (χ3v) is 8.22. The number of rotatable bonds is 5. The molecule has 3 aromatic rings. The highest BCUT2D eigenvalue weighted by Gasteiger charge is 2.28. The van der Waals surface area contributed by atoms with Crippen LogP contribution in [0.4, 0.5) is 5.69 Å². The Hall–Kier alpha value is -2.55. The number of hydrogen-bond donors (Lipinski definition) is 2. The average Bonchev–Trinajstić information content (AvgIpc) is 2.65. The summed E-state index contributed by atoms with van der Waals surface area (Å²) in [5.41, 5.74) is 1.48. The van der Waals surface area contributed by atoms with E-state index in [0.29, 0.717) is 10.6 Å². The third-order valence-electron chi connectivity index (χ3n) is 4.66. The van der Waals surface area contributed by atoms with Gasteiger partial charge in [0.05, 0.1) is 15.5 Å². The quantitative estimate of drug-likeness (QED) is 0.536. The zero-order valence-corrected chi connectivity index (χ0v) is 18.9. The Balaban J connectivity index is 2.14. The fourth-order valence-corrected chi connectivity index (χ4v) is 5.97. The molecule has 0 fully saturated rings. The van der Waals surface area contributed by atoms with Crippen LogP contribution in [0.1, 0.15) is 16.7 Å². The summed E-state index contributed by atoms with van der Waals surface area (Å²) in [6.07, 6.45) is 0. The molecule has 0 saturated heterocycles. The minimum atomic E-state index is -4.13. The Morgan fingerprint density at radius 3 is 1.93 bits per heavy atom. The number of halogens is 1. The maximum atomic E-state index is 13.1. The molecular weight excluding hydrogens is 446 g/mol. The van der Waals surface area contributed by atoms with Gasteiger partial charge in [-0.3, -0.25) is 4.72 Å². The summed E-state index contributed by atoms with van der Waals surface area (Å²) in [5, 5.41) is 10.8. The zero-order chi connectivity index (χ0) is 22.3. The summed E-state index contributed by atoms with van der Waals surface area (Å²) in [7, 11) is -8.09. The molecule has 3 aromatic carbocycles. The maximum absolute atomic E-state index is 13.1. The molecule has 0 bridgehead atoms. The predicted molar refractivity (Wildman–Crippen MR) is 116 cm³/mol. The van der Waals surface area contributed by atoms with E-state index in [4.69, 9.17) is 11.6 Å². The summed E-state index contributed by atoms with van der Waals surface area (Å²) < 4.78 is 54.4. The van der Waals surface area contributed by atoms with Crippen LogP contribution >= 0.6 is 11.6 Å². The van der Waals surface area contributed by atoms with Gasteiger partial charge in [0.25, 0.3) is 10.0 Å². The van der Waals surface area contributed by atoms with Gasteiger partial charge in [0.15, 0.2) is 0 Å². The highest BCUT2D eigenvalue weighted by Crippen LogP contribution is 2.38. The number of aromatic hydroxyl groups is 1. The van der Waals surface area contributed by atoms with Crippen molar-refractivity contribution in [2.75, 3.05) is 4.72 Å². The van der Waals surface area contributed by atoms with E-state index < -0.39 is 25.6 Å². The Labute approximate surface area is 181 Å². The van der Waals surface area contributed by atoms with Crippen molar-refractivity contribution in [3.63, 3.8) is 0 Å². The number of sulfonamides is 1. The molecule has 9 heteroatoms. The van der Waals surface area contributed by atoms with Gasteiger partial charge in [-0.05, 0) is 74.4 Å². The Bertz CT molecular complexity index is 1320. The van der Waals surface area contributed by atoms with Crippen LogP contribution in [0.3, 0.4) is 0 Å². The SMILES string of the molecule is Cc1ccc(S(=O)(=O)Nc2c(C)cc(O)c(S(=O)(=O)c3ccc(Cl)cc3)c2C)cc1. The van der Waals surface area contributed by atoms with Crippen molar-refractivity contribution in [1.29, 1.82) is 0 Å². The van der Waals surface area contributed by atoms with Crippen molar-refractivity contribution in [3.8, 4) is 5.75 Å². The van der Waals surface area contributed by atoms with Crippen LogP contribution in [0.15, 0.2) is 69.3 Å². The van der Waals surface area contributed by atoms with Gasteiger partial charge in [0.2, 0.25) is 9.84 Å². The molecular formula is C21H20ClNO5S2. The van der Waals surface area contributed by atoms with Crippen LogP contribution in [0.2, 0.25) is 5.02 Å². The van der Waals surface area contributed by atoms with Crippen molar-refractivity contribution in [3.05, 3.63) is 76.3 Å². The number of phenolic OH excluding ortho intramolecular Hbond substituents is 1. The lowest BCUT2D eigenvalue weighted by Gasteiger charge is -2.18. The van der Waals surface area contributed by atoms with E-state index in [1.165, 1.54) is 49.4 Å². The average molecular weight is 466 g/mol. The molecule has 0 radical (unpaired) electrons. The summed E-state index contributed by atoms with van der Waals surface area (Å²) >= 11 is 5.84. The van der Waals surface area contributed by atoms with Gasteiger partial charge in [-0.25, -0.2) is 16.8 Å². The first-order valence-electron chi connectivity index (χ1n) is 8.87. The lowest BCUT2D eigenvalue weighted by atomic mass is 10.1. The molecule has 0 aliphatic heterocycles. The predicted octanol–water partition coefficient (Wildman–Crippen LogP) is 4.60. The second-order valence-corrected chi connectivity index (χ2v) is 10.9. The van der Waals surface area contributed by atoms with Crippen LogP contribution in [0.25, 0.3) is 0 Å². The molecule has 3 rings (SSSR count). The van der Waals surface area contributed by atoms with E-state index in [1.807, 2.05) is 6.92 Å². The number of hydrogen-bond acceptors (Lipinski definition) is 5. The lowest BCUT2D eigenvalue weighted by molar-refractivity contribution is 0.457. The first-order valence-corrected chi connectivity index (χ1v) is 12.2. The molecule has 30 heavy (non-hydrogen) atoms. The van der Waals surface area contributed by atoms with Gasteiger partial charge < -0.3 is 5.11 Å². The van der Waals surface area contributed by atoms with Gasteiger partial charge >= 0.3 is 0 Å². The van der Waals surface area contributed by atoms with Crippen molar-refractivity contribution in [2.45, 2.75) is 35.5 Å². The van der Waals surface area contributed by atoms with E-state index in [1.54, 1.807) is 19.1 Å². The van der Waals surface area contributed by atoms with Gasteiger partial charge in [0, 0.05) is 5.02 Å². The van der Waals surface area contributed by atoms with Gasteiger partial charge in [-0.1, -0.05) is 29.3 Å². The zero-order valence-electron chi connectivity index (χ0n) is 16.5. The highest BCUT2D eigenvalue weighted by atomic mass is 35.5. The maximum Gasteiger partial charge on any atom is 0.261 e. The van der Waals surface area contributed by atoms with Crippen LogP contribution in [-0.2, 0) is 19.9 Å². The normalized spacial score (nSPS) is 12.0. The molecule has 0 heterocycles. The van der Waals surface area contributed by atoms with Gasteiger partial charge in [-0.15, -0.1) is 0 Å². The molecule has 0 saturated carbocycles. The Morgan fingerprint density at radius 2 is 1.37 bits per heavy atom. The van der Waals surface area contributed by atoms with Gasteiger partial charge in [0.1, 0.15) is 10.6 Å². The second-order valence-electron chi connectivity index (χ2n) is 6.92. The lowest BCUT2D eigenvalue weighted by Crippen LogP contribution is -2.16. The molecule has 2 N–H and O–H groups in total. The van der Waals surface area contributed by atoms with Crippen molar-refractivity contribution in [2.24, 2.45) is 0 Å². The van der Waals surface area contributed by atoms with E-state index >= 15 is 0 Å². The Morgan fingerprint density at radius 1 is 0.833 bits per heavy atom. The number of sulfone groups is 1. The number of anilines is 1. The molecule has 0 atom stereocenters. The van der Waals surface area contributed by atoms with Crippen LogP contribution in [-0.4, -0.2) is 21.9 Å². The third kappa shape index (κ3) is 4.16. The summed E-state index contributed by atoms with van der Waals surface area (Å²) in [4.78, 5) is -0.388. The largest absolute Gasteiger partial charge is 0.507 e. The highest BCUT2D eigenvalue weighted by molar-refractivity contribution is 7.93. The molecule has 0 aromatic heterocycles. The van der Waals surface area contributed by atoms with Crippen molar-refractivity contribution < 1.29 is 21.9 Å². The monoisotopic (exact) mass is 465 g/mol. The molecule has 0 spiro atoms. The van der Waals surface area contributed by atoms with Crippen molar-refractivity contribution >= 4 is 37.1 Å². The van der Waals surface area contributed by atoms with Gasteiger partial charge in [-0.2, -0.15) is 0 Å². The number of nitrogens with one attached hydrogen (secondary N) is 1. The van der Waals surface area contributed by atoms with Crippen molar-refractivity contribution in [1.82, 2.24) is 0 Å². The van der Waals surface area contributed by atoms with Crippen LogP contribution < -0.4 is 4.72 Å². The molecule has 0 aliphatic rings. The standard InChI is InChI=1S/C21H20ClNO5S2/c1-13-4-8-18(9-5-13)30(27,28)23-20-14(2)12-19(24)21(15(20)3)29(25,26)17-10-6-16(22)7-11-17/h4-12,23-24H,1-3H3. The summed E-state index contributed by atoms with van der Waals surface area (Å²) in [6, 6.07) is 13.0.